The molecule has 2 atom stereocenters. The standard InChI is InChI=1S/C25H24FN5O3/c1-30-11-9-20(29-30)15-7-8-16(19(26)12-15)13-31-14-18(23-17(25(31)34)4-3-10-27-23)24(33)28-21-5-2-6-22(21)32/h3-4,7-12,14,21-22,32H,2,5-6,13H2,1H3,(H,28,33)/t21-,22-/m0/s1. The Morgan fingerprint density at radius 3 is 2.82 bits per heavy atom. The topological polar surface area (TPSA) is 102 Å². The zero-order valence-electron chi connectivity index (χ0n) is 18.6. The molecule has 1 amide bonds. The predicted molar refractivity (Wildman–Crippen MR) is 125 cm³/mol. The number of hydrogen-bond acceptors (Lipinski definition) is 5. The van der Waals surface area contributed by atoms with E-state index >= 15 is 0 Å². The molecule has 1 aromatic carbocycles. The highest BCUT2D eigenvalue weighted by molar-refractivity contribution is 6.05. The zero-order valence-corrected chi connectivity index (χ0v) is 18.6. The highest BCUT2D eigenvalue weighted by atomic mass is 19.1. The van der Waals surface area contributed by atoms with Gasteiger partial charge in [0.1, 0.15) is 5.82 Å². The van der Waals surface area contributed by atoms with E-state index in [9.17, 15) is 19.1 Å². The van der Waals surface area contributed by atoms with Gasteiger partial charge in [0.15, 0.2) is 0 Å². The molecule has 2 N–H and O–H groups in total. The van der Waals surface area contributed by atoms with Gasteiger partial charge in [0.25, 0.3) is 11.5 Å². The number of pyridine rings is 2. The summed E-state index contributed by atoms with van der Waals surface area (Å²) in [6, 6.07) is 9.43. The minimum atomic E-state index is -0.596. The SMILES string of the molecule is Cn1ccc(-c2ccc(Cn3cc(C(=O)N[C@H]4CCC[C@@H]4O)c4ncccc4c3=O)c(F)c2)n1. The smallest absolute Gasteiger partial charge is 0.260 e. The second kappa shape index (κ2) is 8.83. The molecule has 0 aliphatic heterocycles. The van der Waals surface area contributed by atoms with E-state index in [1.807, 2.05) is 0 Å². The molecular weight excluding hydrogens is 437 g/mol. The summed E-state index contributed by atoms with van der Waals surface area (Å²) in [7, 11) is 1.79. The van der Waals surface area contributed by atoms with Crippen molar-refractivity contribution in [3.8, 4) is 11.3 Å². The van der Waals surface area contributed by atoms with Gasteiger partial charge in [0, 0.05) is 36.8 Å². The largest absolute Gasteiger partial charge is 0.391 e. The number of aromatic nitrogens is 4. The van der Waals surface area contributed by atoms with E-state index in [2.05, 4.69) is 15.4 Å². The van der Waals surface area contributed by atoms with Crippen molar-refractivity contribution < 1.29 is 14.3 Å². The summed E-state index contributed by atoms with van der Waals surface area (Å²) in [5.41, 5.74) is 1.71. The summed E-state index contributed by atoms with van der Waals surface area (Å²) >= 11 is 0. The van der Waals surface area contributed by atoms with Crippen LogP contribution in [0.5, 0.6) is 0 Å². The number of rotatable bonds is 5. The van der Waals surface area contributed by atoms with Crippen molar-refractivity contribution >= 4 is 16.8 Å². The minimum Gasteiger partial charge on any atom is -0.391 e. The molecule has 5 rings (SSSR count). The summed E-state index contributed by atoms with van der Waals surface area (Å²) in [5, 5.41) is 17.5. The van der Waals surface area contributed by atoms with Crippen LogP contribution in [0.2, 0.25) is 0 Å². The van der Waals surface area contributed by atoms with Gasteiger partial charge in [-0.2, -0.15) is 5.10 Å². The Labute approximate surface area is 194 Å². The number of amides is 1. The molecule has 8 nitrogen and oxygen atoms in total. The lowest BCUT2D eigenvalue weighted by molar-refractivity contribution is 0.0874. The lowest BCUT2D eigenvalue weighted by Crippen LogP contribution is -2.40. The Bertz CT molecular complexity index is 1440. The number of nitrogens with zero attached hydrogens (tertiary/aromatic N) is 4. The third-order valence-corrected chi connectivity index (χ3v) is 6.28. The fourth-order valence-electron chi connectivity index (χ4n) is 4.45. The van der Waals surface area contributed by atoms with E-state index < -0.39 is 17.8 Å². The van der Waals surface area contributed by atoms with Crippen LogP contribution in [0.3, 0.4) is 0 Å². The third kappa shape index (κ3) is 4.10. The van der Waals surface area contributed by atoms with Crippen molar-refractivity contribution in [1.29, 1.82) is 0 Å². The molecule has 0 bridgehead atoms. The molecule has 0 spiro atoms. The Balaban J connectivity index is 1.50. The lowest BCUT2D eigenvalue weighted by Gasteiger charge is -2.18. The Morgan fingerprint density at radius 2 is 2.12 bits per heavy atom. The molecule has 0 radical (unpaired) electrons. The van der Waals surface area contributed by atoms with Crippen LogP contribution in [0.15, 0.2) is 59.8 Å². The quantitative estimate of drug-likeness (QED) is 0.476. The molecule has 3 heterocycles. The molecule has 1 aliphatic rings. The summed E-state index contributed by atoms with van der Waals surface area (Å²) in [4.78, 5) is 30.5. The van der Waals surface area contributed by atoms with Crippen LogP contribution in [0.1, 0.15) is 35.2 Å². The zero-order chi connectivity index (χ0) is 23.8. The molecule has 174 valence electrons. The van der Waals surface area contributed by atoms with Gasteiger partial charge < -0.3 is 15.0 Å². The number of fused-ring (bicyclic) bond motifs is 1. The summed E-state index contributed by atoms with van der Waals surface area (Å²) in [6.07, 6.45) is 6.27. The first kappa shape index (κ1) is 22.0. The highest BCUT2D eigenvalue weighted by Crippen LogP contribution is 2.22. The van der Waals surface area contributed by atoms with Crippen LogP contribution >= 0.6 is 0 Å². The van der Waals surface area contributed by atoms with E-state index in [0.717, 1.165) is 6.42 Å². The molecular formula is C25H24FN5O3. The van der Waals surface area contributed by atoms with E-state index in [1.165, 1.54) is 23.0 Å². The van der Waals surface area contributed by atoms with E-state index in [0.29, 0.717) is 29.7 Å². The number of aliphatic hydroxyl groups excluding tert-OH is 1. The second-order valence-corrected chi connectivity index (χ2v) is 8.63. The second-order valence-electron chi connectivity index (χ2n) is 8.63. The van der Waals surface area contributed by atoms with Gasteiger partial charge in [0.05, 0.1) is 40.9 Å². The van der Waals surface area contributed by atoms with Crippen LogP contribution in [0.4, 0.5) is 4.39 Å². The van der Waals surface area contributed by atoms with Crippen molar-refractivity contribution in [3.05, 3.63) is 82.3 Å². The Kier molecular flexibility index (Phi) is 5.70. The van der Waals surface area contributed by atoms with Gasteiger partial charge in [-0.3, -0.25) is 19.3 Å². The van der Waals surface area contributed by atoms with Gasteiger partial charge in [-0.25, -0.2) is 4.39 Å². The number of hydrogen-bond donors (Lipinski definition) is 2. The summed E-state index contributed by atoms with van der Waals surface area (Å²) < 4.78 is 17.9. The van der Waals surface area contributed by atoms with Crippen molar-refractivity contribution in [2.24, 2.45) is 7.05 Å². The normalized spacial score (nSPS) is 17.9. The van der Waals surface area contributed by atoms with Crippen molar-refractivity contribution in [3.63, 3.8) is 0 Å². The maximum Gasteiger partial charge on any atom is 0.260 e. The van der Waals surface area contributed by atoms with Gasteiger partial charge >= 0.3 is 0 Å². The van der Waals surface area contributed by atoms with Crippen molar-refractivity contribution in [1.82, 2.24) is 24.6 Å². The molecule has 1 fully saturated rings. The van der Waals surface area contributed by atoms with Gasteiger partial charge in [-0.15, -0.1) is 0 Å². The fourth-order valence-corrected chi connectivity index (χ4v) is 4.45. The number of aryl methyl sites for hydroxylation is 1. The molecule has 0 saturated heterocycles. The third-order valence-electron chi connectivity index (χ3n) is 6.28. The monoisotopic (exact) mass is 461 g/mol. The number of carbonyl (C=O) groups excluding carboxylic acids is 1. The van der Waals surface area contributed by atoms with Crippen LogP contribution < -0.4 is 10.9 Å². The van der Waals surface area contributed by atoms with Crippen LogP contribution in [0.25, 0.3) is 22.2 Å². The molecule has 1 saturated carbocycles. The predicted octanol–water partition coefficient (Wildman–Crippen LogP) is 2.63. The molecule has 3 aromatic heterocycles. The molecule has 1 aliphatic carbocycles. The first-order chi connectivity index (χ1) is 16.4. The van der Waals surface area contributed by atoms with E-state index in [-0.39, 0.29) is 34.6 Å². The maximum atomic E-state index is 15.0. The first-order valence-corrected chi connectivity index (χ1v) is 11.2. The molecule has 9 heteroatoms. The van der Waals surface area contributed by atoms with E-state index in [4.69, 9.17) is 0 Å². The number of halogens is 1. The minimum absolute atomic E-state index is 0.0513. The number of nitrogens with one attached hydrogen (secondary N) is 1. The molecule has 34 heavy (non-hydrogen) atoms. The average molecular weight is 461 g/mol. The number of benzene rings is 1. The van der Waals surface area contributed by atoms with Crippen LogP contribution in [-0.4, -0.2) is 42.5 Å². The average Bonchev–Trinajstić information content (AvgIpc) is 3.44. The lowest BCUT2D eigenvalue weighted by atomic mass is 10.1. The number of carbonyl (C=O) groups is 1. The van der Waals surface area contributed by atoms with Gasteiger partial charge in [-0.1, -0.05) is 12.1 Å². The Morgan fingerprint density at radius 1 is 1.26 bits per heavy atom. The van der Waals surface area contributed by atoms with Crippen LogP contribution in [-0.2, 0) is 13.6 Å². The maximum absolute atomic E-state index is 15.0. The Hall–Kier alpha value is -3.85. The summed E-state index contributed by atoms with van der Waals surface area (Å²) in [6.45, 7) is -0.0513. The first-order valence-electron chi connectivity index (χ1n) is 11.2. The fraction of sp³-hybridized carbons (Fsp3) is 0.280. The molecule has 0 unspecified atom stereocenters. The van der Waals surface area contributed by atoms with E-state index in [1.54, 1.807) is 48.3 Å². The number of aliphatic hydroxyl groups is 1. The highest BCUT2D eigenvalue weighted by Gasteiger charge is 2.28. The van der Waals surface area contributed by atoms with Gasteiger partial charge in [-0.05, 0) is 43.5 Å². The molecule has 4 aromatic rings. The van der Waals surface area contributed by atoms with Crippen molar-refractivity contribution in [2.45, 2.75) is 38.0 Å². The van der Waals surface area contributed by atoms with Crippen molar-refractivity contribution in [2.75, 3.05) is 0 Å². The van der Waals surface area contributed by atoms with Gasteiger partial charge in [0.2, 0.25) is 0 Å². The van der Waals surface area contributed by atoms with Crippen LogP contribution in [0, 0.1) is 5.82 Å². The summed E-state index contributed by atoms with van der Waals surface area (Å²) in [5.74, 6) is -0.893.